The standard InChI is InChI=1S/C55H32N6/c56-31-35-25-27-37(59-49-19-7-1-13-39(49)40-14-2-8-20-50(40)59)29-45(35)47-33-58-34-48(55(47)61-53-23-11-5-17-43(53)44-18-6-12-24-54(44)61)46-30-38(28-26-36(46)32-57)60-51-21-9-3-15-41(51)42-16-4-10-22-52(42)60/h1-30,33-34H. The molecule has 0 spiro atoms. The highest BCUT2D eigenvalue weighted by Crippen LogP contribution is 2.44. The van der Waals surface area contributed by atoms with Crippen molar-refractivity contribution < 1.29 is 0 Å². The predicted molar refractivity (Wildman–Crippen MR) is 248 cm³/mol. The van der Waals surface area contributed by atoms with E-state index >= 15 is 0 Å². The minimum absolute atomic E-state index is 0.519. The molecule has 0 amide bonds. The van der Waals surface area contributed by atoms with Gasteiger partial charge in [0.1, 0.15) is 0 Å². The Morgan fingerprint density at radius 3 is 0.934 bits per heavy atom. The maximum Gasteiger partial charge on any atom is 0.0998 e. The van der Waals surface area contributed by atoms with E-state index in [4.69, 9.17) is 4.98 Å². The summed E-state index contributed by atoms with van der Waals surface area (Å²) in [5.74, 6) is 0. The lowest BCUT2D eigenvalue weighted by Gasteiger charge is -2.21. The number of benzene rings is 8. The summed E-state index contributed by atoms with van der Waals surface area (Å²) in [7, 11) is 0. The first-order chi connectivity index (χ1) is 30.2. The zero-order valence-corrected chi connectivity index (χ0v) is 32.7. The fourth-order valence-corrected chi connectivity index (χ4v) is 9.64. The van der Waals surface area contributed by atoms with Gasteiger partial charge in [0.15, 0.2) is 0 Å². The first-order valence-corrected chi connectivity index (χ1v) is 20.2. The van der Waals surface area contributed by atoms with Gasteiger partial charge in [-0.3, -0.25) is 4.98 Å². The SMILES string of the molecule is N#Cc1ccc(-n2c3ccccc3c3ccccc32)cc1-c1cncc(-c2cc(-n3c4ccccc4c4ccccc43)ccc2C#N)c1-n1c2ccccc2c2ccccc21. The zero-order valence-electron chi connectivity index (χ0n) is 32.7. The quantitative estimate of drug-likeness (QED) is 0.175. The molecule has 4 aromatic heterocycles. The van der Waals surface area contributed by atoms with Crippen LogP contribution >= 0.6 is 0 Å². The number of para-hydroxylation sites is 6. The van der Waals surface area contributed by atoms with Gasteiger partial charge in [0.25, 0.3) is 0 Å². The smallest absolute Gasteiger partial charge is 0.0998 e. The predicted octanol–water partition coefficient (Wildman–Crippen LogP) is 13.5. The minimum Gasteiger partial charge on any atom is -0.309 e. The molecule has 12 rings (SSSR count). The third-order valence-corrected chi connectivity index (χ3v) is 12.2. The molecule has 6 nitrogen and oxygen atoms in total. The van der Waals surface area contributed by atoms with Gasteiger partial charge in [0.05, 0.1) is 62.1 Å². The van der Waals surface area contributed by atoms with Crippen LogP contribution in [0.15, 0.2) is 194 Å². The van der Waals surface area contributed by atoms with Crippen LogP contribution < -0.4 is 0 Å². The summed E-state index contributed by atoms with van der Waals surface area (Å²) in [5, 5.41) is 28.6. The molecule has 4 heterocycles. The van der Waals surface area contributed by atoms with Crippen molar-refractivity contribution in [1.82, 2.24) is 18.7 Å². The van der Waals surface area contributed by atoms with Crippen LogP contribution in [-0.2, 0) is 0 Å². The maximum absolute atomic E-state index is 10.9. The first-order valence-electron chi connectivity index (χ1n) is 20.2. The van der Waals surface area contributed by atoms with Gasteiger partial charge in [-0.25, -0.2) is 0 Å². The molecular formula is C55H32N6. The van der Waals surface area contributed by atoms with Crippen LogP contribution in [-0.4, -0.2) is 18.7 Å². The second kappa shape index (κ2) is 13.4. The van der Waals surface area contributed by atoms with Gasteiger partial charge in [0, 0.05) is 78.3 Å². The molecule has 0 unspecified atom stereocenters. The van der Waals surface area contributed by atoms with Crippen LogP contribution in [0.4, 0.5) is 0 Å². The van der Waals surface area contributed by atoms with E-state index < -0.39 is 0 Å². The molecule has 0 N–H and O–H groups in total. The summed E-state index contributed by atoms with van der Waals surface area (Å²) in [6.45, 7) is 0. The van der Waals surface area contributed by atoms with Gasteiger partial charge < -0.3 is 13.7 Å². The number of aromatic nitrogens is 4. The van der Waals surface area contributed by atoms with E-state index in [1.165, 1.54) is 0 Å². The van der Waals surface area contributed by atoms with Gasteiger partial charge in [-0.1, -0.05) is 109 Å². The molecule has 12 aromatic rings. The Hall–Kier alpha value is -8.71. The molecule has 61 heavy (non-hydrogen) atoms. The van der Waals surface area contributed by atoms with E-state index in [2.05, 4.69) is 184 Å². The fourth-order valence-electron chi connectivity index (χ4n) is 9.64. The third-order valence-electron chi connectivity index (χ3n) is 12.2. The van der Waals surface area contributed by atoms with Crippen molar-refractivity contribution in [3.8, 4) is 51.5 Å². The number of nitriles is 2. The lowest BCUT2D eigenvalue weighted by atomic mass is 9.93. The molecule has 8 aromatic carbocycles. The van der Waals surface area contributed by atoms with E-state index in [0.717, 1.165) is 105 Å². The van der Waals surface area contributed by atoms with Crippen molar-refractivity contribution in [2.45, 2.75) is 0 Å². The van der Waals surface area contributed by atoms with Gasteiger partial charge in [-0.15, -0.1) is 0 Å². The Morgan fingerprint density at radius 1 is 0.328 bits per heavy atom. The van der Waals surface area contributed by atoms with Crippen LogP contribution in [0.25, 0.3) is 105 Å². The molecular weight excluding hydrogens is 745 g/mol. The average Bonchev–Trinajstić information content (AvgIpc) is 3.97. The van der Waals surface area contributed by atoms with Crippen LogP contribution in [0.5, 0.6) is 0 Å². The van der Waals surface area contributed by atoms with Crippen LogP contribution in [0.3, 0.4) is 0 Å². The summed E-state index contributed by atoms with van der Waals surface area (Å²) in [4.78, 5) is 4.96. The molecule has 0 aliphatic rings. The van der Waals surface area contributed by atoms with Crippen molar-refractivity contribution >= 4 is 65.4 Å². The second-order valence-corrected chi connectivity index (χ2v) is 15.4. The fraction of sp³-hybridized carbons (Fsp3) is 0. The Balaban J connectivity index is 1.19. The normalized spacial score (nSPS) is 11.6. The summed E-state index contributed by atoms with van der Waals surface area (Å²) in [6, 6.07) is 67.8. The van der Waals surface area contributed by atoms with Gasteiger partial charge in [-0.05, 0) is 72.8 Å². The highest BCUT2D eigenvalue weighted by molar-refractivity contribution is 6.12. The first kappa shape index (κ1) is 34.3. The molecule has 0 aliphatic heterocycles. The lowest BCUT2D eigenvalue weighted by molar-refractivity contribution is 1.15. The molecule has 0 atom stereocenters. The summed E-state index contributed by atoms with van der Waals surface area (Å²) >= 11 is 0. The molecule has 282 valence electrons. The molecule has 0 aliphatic carbocycles. The molecule has 0 saturated carbocycles. The van der Waals surface area contributed by atoms with E-state index in [1.807, 2.05) is 36.7 Å². The Bertz CT molecular complexity index is 3510. The van der Waals surface area contributed by atoms with Crippen molar-refractivity contribution in [2.75, 3.05) is 0 Å². The van der Waals surface area contributed by atoms with Crippen LogP contribution in [0, 0.1) is 22.7 Å². The van der Waals surface area contributed by atoms with Gasteiger partial charge >= 0.3 is 0 Å². The molecule has 0 bridgehead atoms. The van der Waals surface area contributed by atoms with E-state index in [1.54, 1.807) is 0 Å². The number of pyridine rings is 1. The van der Waals surface area contributed by atoms with Crippen molar-refractivity contribution in [3.05, 3.63) is 206 Å². The van der Waals surface area contributed by atoms with E-state index in [9.17, 15) is 10.5 Å². The summed E-state index contributed by atoms with van der Waals surface area (Å²) in [5.41, 5.74) is 13.1. The van der Waals surface area contributed by atoms with Crippen LogP contribution in [0.1, 0.15) is 11.1 Å². The highest BCUT2D eigenvalue weighted by atomic mass is 15.0. The summed E-state index contributed by atoms with van der Waals surface area (Å²) in [6.07, 6.45) is 3.74. The molecule has 0 saturated heterocycles. The van der Waals surface area contributed by atoms with Crippen molar-refractivity contribution in [3.63, 3.8) is 0 Å². The Labute approximate surface area is 350 Å². The number of fused-ring (bicyclic) bond motifs is 9. The van der Waals surface area contributed by atoms with Crippen molar-refractivity contribution in [1.29, 1.82) is 10.5 Å². The number of hydrogen-bond acceptors (Lipinski definition) is 3. The lowest BCUT2D eigenvalue weighted by Crippen LogP contribution is -2.04. The van der Waals surface area contributed by atoms with Crippen LogP contribution in [0.2, 0.25) is 0 Å². The number of nitrogens with zero attached hydrogens (tertiary/aromatic N) is 6. The highest BCUT2D eigenvalue weighted by Gasteiger charge is 2.25. The topological polar surface area (TPSA) is 75.3 Å². The number of rotatable bonds is 5. The largest absolute Gasteiger partial charge is 0.309 e. The second-order valence-electron chi connectivity index (χ2n) is 15.4. The zero-order chi connectivity index (χ0) is 40.6. The monoisotopic (exact) mass is 776 g/mol. The molecule has 0 radical (unpaired) electrons. The Morgan fingerprint density at radius 2 is 0.623 bits per heavy atom. The Kier molecular flexibility index (Phi) is 7.56. The van der Waals surface area contributed by atoms with Gasteiger partial charge in [0.2, 0.25) is 0 Å². The minimum atomic E-state index is 0.519. The molecule has 0 fully saturated rings. The number of hydrogen-bond donors (Lipinski definition) is 0. The third kappa shape index (κ3) is 5.04. The van der Waals surface area contributed by atoms with E-state index in [0.29, 0.717) is 11.1 Å². The van der Waals surface area contributed by atoms with Crippen molar-refractivity contribution in [2.24, 2.45) is 0 Å². The molecule has 6 heteroatoms. The van der Waals surface area contributed by atoms with Gasteiger partial charge in [-0.2, -0.15) is 10.5 Å². The maximum atomic E-state index is 10.9. The average molecular weight is 777 g/mol. The summed E-state index contributed by atoms with van der Waals surface area (Å²) < 4.78 is 6.84. The van der Waals surface area contributed by atoms with E-state index in [-0.39, 0.29) is 0 Å².